The van der Waals surface area contributed by atoms with Crippen LogP contribution in [0.2, 0.25) is 6.55 Å². The summed E-state index contributed by atoms with van der Waals surface area (Å²) in [5.41, 5.74) is 0. The maximum absolute atomic E-state index is 11.8. The van der Waals surface area contributed by atoms with E-state index in [0.717, 1.165) is 38.5 Å². The molecule has 0 spiro atoms. The maximum Gasteiger partial charge on any atom is 0.497 e. The summed E-state index contributed by atoms with van der Waals surface area (Å²) >= 11 is 0. The highest BCUT2D eigenvalue weighted by atomic mass is 28.4. The van der Waals surface area contributed by atoms with Crippen molar-refractivity contribution in [3.05, 3.63) is 0 Å². The zero-order valence-electron chi connectivity index (χ0n) is 25.0. The minimum absolute atomic E-state index is 0.0825. The summed E-state index contributed by atoms with van der Waals surface area (Å²) in [5, 5.41) is 0. The number of unbranched alkanes of at least 4 members (excludes halogenated alkanes) is 3. The van der Waals surface area contributed by atoms with Gasteiger partial charge in [0.2, 0.25) is 0 Å². The second kappa shape index (κ2) is 22.3. The van der Waals surface area contributed by atoms with Gasteiger partial charge in [0.25, 0.3) is 0 Å². The standard InChI is InChI=1S/C28H54O9Si/c1-8-23(4)26(29)32-17-11-14-20-35-38(7,36-21-15-12-18-33-27(30)24(5)9-2)37-22-16-13-19-34-28(31)25(6)10-3/h23-25H,8-22H2,1-7H3. The number of rotatable bonds is 24. The van der Waals surface area contributed by atoms with Gasteiger partial charge in [0.1, 0.15) is 0 Å². The van der Waals surface area contributed by atoms with E-state index in [1.54, 1.807) is 0 Å². The van der Waals surface area contributed by atoms with Crippen LogP contribution in [0.15, 0.2) is 0 Å². The van der Waals surface area contributed by atoms with Crippen molar-refractivity contribution in [2.24, 2.45) is 17.8 Å². The van der Waals surface area contributed by atoms with E-state index in [1.807, 2.05) is 48.1 Å². The number of hydrogen-bond donors (Lipinski definition) is 0. The van der Waals surface area contributed by atoms with Gasteiger partial charge in [-0.15, -0.1) is 0 Å². The van der Waals surface area contributed by atoms with Crippen molar-refractivity contribution in [3.63, 3.8) is 0 Å². The highest BCUT2D eigenvalue weighted by molar-refractivity contribution is 6.59. The van der Waals surface area contributed by atoms with E-state index in [4.69, 9.17) is 27.5 Å². The molecule has 0 N–H and O–H groups in total. The van der Waals surface area contributed by atoms with E-state index in [9.17, 15) is 14.4 Å². The molecule has 0 rings (SSSR count). The average molecular weight is 563 g/mol. The molecule has 0 amide bonds. The molecule has 10 heteroatoms. The largest absolute Gasteiger partial charge is 0.497 e. The SMILES string of the molecule is CCC(C)C(=O)OCCCCO[Si](C)(OCCCCOC(=O)C(C)CC)OCCCCOC(=O)C(C)CC. The van der Waals surface area contributed by atoms with Gasteiger partial charge in [-0.25, -0.2) is 0 Å². The lowest BCUT2D eigenvalue weighted by Gasteiger charge is -2.26. The number of hydrogen-bond acceptors (Lipinski definition) is 9. The Labute approximate surface area is 232 Å². The second-order valence-electron chi connectivity index (χ2n) is 9.96. The van der Waals surface area contributed by atoms with Crippen LogP contribution in [0.4, 0.5) is 0 Å². The van der Waals surface area contributed by atoms with Crippen LogP contribution in [0, 0.1) is 17.8 Å². The van der Waals surface area contributed by atoms with E-state index >= 15 is 0 Å². The lowest BCUT2D eigenvalue weighted by molar-refractivity contribution is -0.149. The van der Waals surface area contributed by atoms with Gasteiger partial charge in [-0.1, -0.05) is 41.5 Å². The van der Waals surface area contributed by atoms with Crippen LogP contribution in [-0.2, 0) is 41.9 Å². The van der Waals surface area contributed by atoms with Gasteiger partial charge >= 0.3 is 26.7 Å². The summed E-state index contributed by atoms with van der Waals surface area (Å²) in [5.74, 6) is -0.737. The minimum Gasteiger partial charge on any atom is -0.465 e. The van der Waals surface area contributed by atoms with Crippen LogP contribution in [-0.4, -0.2) is 66.4 Å². The molecule has 0 fully saturated rings. The van der Waals surface area contributed by atoms with Crippen LogP contribution < -0.4 is 0 Å². The van der Waals surface area contributed by atoms with E-state index in [0.29, 0.717) is 58.9 Å². The van der Waals surface area contributed by atoms with Crippen LogP contribution >= 0.6 is 0 Å². The van der Waals surface area contributed by atoms with Crippen molar-refractivity contribution in [1.29, 1.82) is 0 Å². The highest BCUT2D eigenvalue weighted by Gasteiger charge is 2.34. The Morgan fingerprint density at radius 2 is 0.737 bits per heavy atom. The molecule has 0 aromatic carbocycles. The average Bonchev–Trinajstić information content (AvgIpc) is 2.92. The Hall–Kier alpha value is -1.49. The van der Waals surface area contributed by atoms with Gasteiger partial charge in [0.15, 0.2) is 0 Å². The first kappa shape index (κ1) is 36.5. The monoisotopic (exact) mass is 562 g/mol. The number of esters is 3. The predicted molar refractivity (Wildman–Crippen MR) is 148 cm³/mol. The third-order valence-electron chi connectivity index (χ3n) is 6.49. The molecule has 0 saturated heterocycles. The zero-order valence-corrected chi connectivity index (χ0v) is 26.0. The molecular formula is C28H54O9Si. The molecule has 0 heterocycles. The molecule has 3 unspecified atom stereocenters. The van der Waals surface area contributed by atoms with E-state index < -0.39 is 8.80 Å². The van der Waals surface area contributed by atoms with Gasteiger partial charge in [-0.05, 0) is 57.8 Å². The van der Waals surface area contributed by atoms with Gasteiger partial charge in [-0.3, -0.25) is 14.4 Å². The molecule has 0 aromatic rings. The molecule has 9 nitrogen and oxygen atoms in total. The van der Waals surface area contributed by atoms with Crippen molar-refractivity contribution >= 4 is 26.7 Å². The first-order valence-corrected chi connectivity index (χ1v) is 16.7. The fourth-order valence-corrected chi connectivity index (χ4v) is 4.75. The van der Waals surface area contributed by atoms with Crippen LogP contribution in [0.25, 0.3) is 0 Å². The summed E-state index contributed by atoms with van der Waals surface area (Å²) in [6, 6.07) is 0. The number of carbonyl (C=O) groups is 3. The van der Waals surface area contributed by atoms with Crippen LogP contribution in [0.1, 0.15) is 99.3 Å². The van der Waals surface area contributed by atoms with Crippen LogP contribution in [0.3, 0.4) is 0 Å². The fourth-order valence-electron chi connectivity index (χ4n) is 2.96. The van der Waals surface area contributed by atoms with E-state index in [2.05, 4.69) is 0 Å². The fraction of sp³-hybridized carbons (Fsp3) is 0.893. The maximum atomic E-state index is 11.8. The molecular weight excluding hydrogens is 508 g/mol. The molecule has 224 valence electrons. The van der Waals surface area contributed by atoms with Crippen molar-refractivity contribution in [3.8, 4) is 0 Å². The van der Waals surface area contributed by atoms with E-state index in [1.165, 1.54) is 0 Å². The third-order valence-corrected chi connectivity index (χ3v) is 8.67. The van der Waals surface area contributed by atoms with Gasteiger partial charge < -0.3 is 27.5 Å². The Balaban J connectivity index is 4.43. The Morgan fingerprint density at radius 3 is 0.974 bits per heavy atom. The molecule has 0 bridgehead atoms. The van der Waals surface area contributed by atoms with Gasteiger partial charge in [-0.2, -0.15) is 0 Å². The molecule has 0 saturated carbocycles. The summed E-state index contributed by atoms with van der Waals surface area (Å²) in [7, 11) is -2.89. The van der Waals surface area contributed by atoms with Crippen molar-refractivity contribution in [1.82, 2.24) is 0 Å². The summed E-state index contributed by atoms with van der Waals surface area (Å²) in [6.07, 6.45) is 6.57. The molecule has 0 aromatic heterocycles. The van der Waals surface area contributed by atoms with Crippen LogP contribution in [0.5, 0.6) is 0 Å². The third kappa shape index (κ3) is 17.9. The van der Waals surface area contributed by atoms with E-state index in [-0.39, 0.29) is 35.7 Å². The first-order chi connectivity index (χ1) is 18.1. The molecule has 0 radical (unpaired) electrons. The normalized spacial score (nSPS) is 15.2. The lowest BCUT2D eigenvalue weighted by Crippen LogP contribution is -2.43. The zero-order chi connectivity index (χ0) is 28.8. The minimum atomic E-state index is -2.89. The van der Waals surface area contributed by atoms with Crippen molar-refractivity contribution in [2.75, 3.05) is 39.6 Å². The summed E-state index contributed by atoms with van der Waals surface area (Å²) in [6.45, 7) is 15.8. The highest BCUT2D eigenvalue weighted by Crippen LogP contribution is 2.14. The quantitative estimate of drug-likeness (QED) is 0.0632. The molecule has 0 aliphatic rings. The molecule has 3 atom stereocenters. The molecule has 0 aliphatic carbocycles. The lowest BCUT2D eigenvalue weighted by atomic mass is 10.1. The van der Waals surface area contributed by atoms with Gasteiger partial charge in [0.05, 0.1) is 37.6 Å². The Morgan fingerprint density at radius 1 is 0.500 bits per heavy atom. The van der Waals surface area contributed by atoms with Crippen molar-refractivity contribution < 1.29 is 41.9 Å². The van der Waals surface area contributed by atoms with Gasteiger partial charge in [0, 0.05) is 26.4 Å². The summed E-state index contributed by atoms with van der Waals surface area (Å²) < 4.78 is 34.1. The van der Waals surface area contributed by atoms with Crippen molar-refractivity contribution in [2.45, 2.75) is 106 Å². The topological polar surface area (TPSA) is 107 Å². The Bertz CT molecular complexity index is 560. The summed E-state index contributed by atoms with van der Waals surface area (Å²) in [4.78, 5) is 35.3. The first-order valence-electron chi connectivity index (χ1n) is 14.5. The number of ether oxygens (including phenoxy) is 3. The number of carbonyl (C=O) groups excluding carboxylic acids is 3. The smallest absolute Gasteiger partial charge is 0.465 e. The predicted octanol–water partition coefficient (Wildman–Crippen LogP) is 5.71. The molecule has 38 heavy (non-hydrogen) atoms. The Kier molecular flexibility index (Phi) is 21.5. The molecule has 0 aliphatic heterocycles. The second-order valence-corrected chi connectivity index (χ2v) is 12.6.